The highest BCUT2D eigenvalue weighted by Gasteiger charge is 2.26. The fourth-order valence-electron chi connectivity index (χ4n) is 2.86. The zero-order valence-electron chi connectivity index (χ0n) is 13.2. The lowest BCUT2D eigenvalue weighted by Gasteiger charge is -2.16. The zero-order valence-corrected chi connectivity index (χ0v) is 14.0. The zero-order chi connectivity index (χ0) is 15.7. The van der Waals surface area contributed by atoms with E-state index in [0.717, 1.165) is 47.3 Å². The molecule has 1 amide bonds. The first-order valence-corrected chi connectivity index (χ1v) is 8.36. The van der Waals surface area contributed by atoms with Gasteiger partial charge in [0, 0.05) is 36.1 Å². The Morgan fingerprint density at radius 2 is 2.27 bits per heavy atom. The number of carbonyl (C=O) groups is 1. The van der Waals surface area contributed by atoms with Crippen molar-refractivity contribution in [3.63, 3.8) is 0 Å². The Bertz CT molecular complexity index is 657. The van der Waals surface area contributed by atoms with Crippen molar-refractivity contribution in [2.45, 2.75) is 39.8 Å². The third kappa shape index (κ3) is 3.23. The number of hydrogen-bond donors (Lipinski definition) is 1. The SMILES string of the molecule is Cc1ccc(C(=O)NC2CCN(Cc3c(C)noc3C)C2)s1. The van der Waals surface area contributed by atoms with Gasteiger partial charge in [0.15, 0.2) is 0 Å². The van der Waals surface area contributed by atoms with Crippen LogP contribution in [-0.4, -0.2) is 35.1 Å². The first-order chi connectivity index (χ1) is 10.5. The van der Waals surface area contributed by atoms with Gasteiger partial charge in [0.2, 0.25) is 0 Å². The second-order valence-corrected chi connectivity index (χ2v) is 7.20. The second kappa shape index (κ2) is 6.22. The predicted octanol–water partition coefficient (Wildman–Crippen LogP) is 2.67. The van der Waals surface area contributed by atoms with Gasteiger partial charge in [0.05, 0.1) is 10.6 Å². The molecule has 1 fully saturated rings. The van der Waals surface area contributed by atoms with Crippen LogP contribution >= 0.6 is 11.3 Å². The first-order valence-electron chi connectivity index (χ1n) is 7.54. The Morgan fingerprint density at radius 3 is 2.91 bits per heavy atom. The molecule has 6 heteroatoms. The van der Waals surface area contributed by atoms with Crippen LogP contribution in [0.4, 0.5) is 0 Å². The third-order valence-electron chi connectivity index (χ3n) is 4.13. The fraction of sp³-hybridized carbons (Fsp3) is 0.500. The van der Waals surface area contributed by atoms with Crippen LogP contribution in [0.3, 0.4) is 0 Å². The second-order valence-electron chi connectivity index (χ2n) is 5.91. The number of amides is 1. The Hall–Kier alpha value is -1.66. The Labute approximate surface area is 134 Å². The van der Waals surface area contributed by atoms with Crippen LogP contribution in [-0.2, 0) is 6.54 Å². The fourth-order valence-corrected chi connectivity index (χ4v) is 3.63. The molecule has 2 aromatic rings. The van der Waals surface area contributed by atoms with Crippen molar-refractivity contribution in [3.05, 3.63) is 38.9 Å². The summed E-state index contributed by atoms with van der Waals surface area (Å²) in [7, 11) is 0. The van der Waals surface area contributed by atoms with E-state index in [0.29, 0.717) is 0 Å². The van der Waals surface area contributed by atoms with Crippen molar-refractivity contribution in [2.75, 3.05) is 13.1 Å². The molecular weight excluding hydrogens is 298 g/mol. The Morgan fingerprint density at radius 1 is 1.45 bits per heavy atom. The number of nitrogens with zero attached hydrogens (tertiary/aromatic N) is 2. The van der Waals surface area contributed by atoms with E-state index in [2.05, 4.69) is 15.4 Å². The maximum Gasteiger partial charge on any atom is 0.261 e. The van der Waals surface area contributed by atoms with Crippen molar-refractivity contribution >= 4 is 17.2 Å². The van der Waals surface area contributed by atoms with Crippen LogP contribution in [0.5, 0.6) is 0 Å². The van der Waals surface area contributed by atoms with Gasteiger partial charge >= 0.3 is 0 Å². The minimum Gasteiger partial charge on any atom is -0.361 e. The van der Waals surface area contributed by atoms with Gasteiger partial charge in [-0.25, -0.2) is 0 Å². The molecule has 3 rings (SSSR count). The van der Waals surface area contributed by atoms with E-state index in [1.807, 2.05) is 32.9 Å². The van der Waals surface area contributed by atoms with Gasteiger partial charge in [-0.3, -0.25) is 9.69 Å². The van der Waals surface area contributed by atoms with Gasteiger partial charge in [0.25, 0.3) is 5.91 Å². The molecule has 0 spiro atoms. The van der Waals surface area contributed by atoms with E-state index in [-0.39, 0.29) is 11.9 Å². The van der Waals surface area contributed by atoms with Gasteiger partial charge in [-0.05, 0) is 39.3 Å². The summed E-state index contributed by atoms with van der Waals surface area (Å²) in [6, 6.07) is 4.10. The predicted molar refractivity (Wildman–Crippen MR) is 86.2 cm³/mol. The Balaban J connectivity index is 1.55. The highest BCUT2D eigenvalue weighted by atomic mass is 32.1. The molecule has 1 saturated heterocycles. The van der Waals surface area contributed by atoms with Crippen LogP contribution in [0.1, 0.15) is 38.0 Å². The standard InChI is InChI=1S/C16H21N3O2S/c1-10-4-5-15(22-10)16(20)17-13-6-7-19(8-13)9-14-11(2)18-21-12(14)3/h4-5,13H,6-9H2,1-3H3,(H,17,20). The summed E-state index contributed by atoms with van der Waals surface area (Å²) in [4.78, 5) is 16.5. The molecule has 3 heterocycles. The molecule has 0 bridgehead atoms. The van der Waals surface area contributed by atoms with Crippen LogP contribution in [0.25, 0.3) is 0 Å². The van der Waals surface area contributed by atoms with Crippen molar-refractivity contribution < 1.29 is 9.32 Å². The van der Waals surface area contributed by atoms with Crippen molar-refractivity contribution in [3.8, 4) is 0 Å². The minimum absolute atomic E-state index is 0.0438. The summed E-state index contributed by atoms with van der Waals surface area (Å²) in [6.07, 6.45) is 0.986. The summed E-state index contributed by atoms with van der Waals surface area (Å²) in [6.45, 7) is 8.64. The molecular formula is C16H21N3O2S. The highest BCUT2D eigenvalue weighted by molar-refractivity contribution is 7.13. The van der Waals surface area contributed by atoms with Gasteiger partial charge in [-0.2, -0.15) is 0 Å². The van der Waals surface area contributed by atoms with Gasteiger partial charge in [-0.15, -0.1) is 11.3 Å². The number of aryl methyl sites for hydroxylation is 3. The number of carbonyl (C=O) groups excluding carboxylic acids is 1. The van der Waals surface area contributed by atoms with Crippen LogP contribution < -0.4 is 5.32 Å². The molecule has 118 valence electrons. The average Bonchev–Trinajstić information content (AvgIpc) is 3.17. The largest absolute Gasteiger partial charge is 0.361 e. The van der Waals surface area contributed by atoms with Gasteiger partial charge in [0.1, 0.15) is 5.76 Å². The van der Waals surface area contributed by atoms with Crippen molar-refractivity contribution in [2.24, 2.45) is 0 Å². The maximum atomic E-state index is 12.2. The topological polar surface area (TPSA) is 58.4 Å². The van der Waals surface area contributed by atoms with E-state index in [1.165, 1.54) is 5.56 Å². The molecule has 1 atom stereocenters. The molecule has 2 aromatic heterocycles. The molecule has 0 aliphatic carbocycles. The summed E-state index contributed by atoms with van der Waals surface area (Å²) < 4.78 is 5.21. The summed E-state index contributed by atoms with van der Waals surface area (Å²) in [5, 5.41) is 7.14. The number of nitrogens with one attached hydrogen (secondary N) is 1. The lowest BCUT2D eigenvalue weighted by atomic mass is 10.2. The third-order valence-corrected chi connectivity index (χ3v) is 5.13. The number of hydrogen-bond acceptors (Lipinski definition) is 5. The van der Waals surface area contributed by atoms with E-state index in [1.54, 1.807) is 11.3 Å². The lowest BCUT2D eigenvalue weighted by Crippen LogP contribution is -2.36. The molecule has 0 radical (unpaired) electrons. The average molecular weight is 319 g/mol. The summed E-state index contributed by atoms with van der Waals surface area (Å²) in [5.41, 5.74) is 2.12. The van der Waals surface area contributed by atoms with Gasteiger partial charge < -0.3 is 9.84 Å². The molecule has 22 heavy (non-hydrogen) atoms. The molecule has 1 aliphatic heterocycles. The number of likely N-dealkylation sites (tertiary alicyclic amines) is 1. The van der Waals surface area contributed by atoms with Crippen molar-refractivity contribution in [1.29, 1.82) is 0 Å². The lowest BCUT2D eigenvalue weighted by molar-refractivity contribution is 0.0941. The molecule has 1 unspecified atom stereocenters. The summed E-state index contributed by atoms with van der Waals surface area (Å²) >= 11 is 1.54. The van der Waals surface area contributed by atoms with Crippen molar-refractivity contribution in [1.82, 2.24) is 15.4 Å². The maximum absolute atomic E-state index is 12.2. The number of aromatic nitrogens is 1. The quantitative estimate of drug-likeness (QED) is 0.941. The van der Waals surface area contributed by atoms with E-state index in [4.69, 9.17) is 4.52 Å². The smallest absolute Gasteiger partial charge is 0.261 e. The Kier molecular flexibility index (Phi) is 4.31. The number of rotatable bonds is 4. The minimum atomic E-state index is 0.0438. The van der Waals surface area contributed by atoms with Crippen LogP contribution in [0.15, 0.2) is 16.7 Å². The monoisotopic (exact) mass is 319 g/mol. The molecule has 0 aromatic carbocycles. The van der Waals surface area contributed by atoms with Crippen LogP contribution in [0, 0.1) is 20.8 Å². The van der Waals surface area contributed by atoms with Crippen LogP contribution in [0.2, 0.25) is 0 Å². The highest BCUT2D eigenvalue weighted by Crippen LogP contribution is 2.20. The van der Waals surface area contributed by atoms with E-state index in [9.17, 15) is 4.79 Å². The molecule has 5 nitrogen and oxygen atoms in total. The molecule has 0 saturated carbocycles. The normalized spacial score (nSPS) is 18.8. The number of thiophene rings is 1. The molecule has 1 N–H and O–H groups in total. The van der Waals surface area contributed by atoms with E-state index >= 15 is 0 Å². The first kappa shape index (κ1) is 15.2. The van der Waals surface area contributed by atoms with Gasteiger partial charge in [-0.1, -0.05) is 5.16 Å². The summed E-state index contributed by atoms with van der Waals surface area (Å²) in [5.74, 6) is 0.932. The molecule has 1 aliphatic rings. The van der Waals surface area contributed by atoms with E-state index < -0.39 is 0 Å².